The number of hydrogen-bond acceptors (Lipinski definition) is 8. The molecule has 0 bridgehead atoms. The van der Waals surface area contributed by atoms with Crippen molar-refractivity contribution < 1.29 is 28.5 Å². The molecule has 1 aromatic heterocycles. The highest BCUT2D eigenvalue weighted by Gasteiger charge is 2.60. The molecule has 4 rings (SSSR count). The van der Waals surface area contributed by atoms with Crippen LogP contribution in [0, 0.1) is 11.3 Å². The summed E-state index contributed by atoms with van der Waals surface area (Å²) in [5, 5.41) is 12.2. The van der Waals surface area contributed by atoms with Crippen molar-refractivity contribution >= 4 is 27.9 Å². The molecule has 31 heavy (non-hydrogen) atoms. The fourth-order valence-corrected chi connectivity index (χ4v) is 4.30. The van der Waals surface area contributed by atoms with Gasteiger partial charge in [0.25, 0.3) is 5.91 Å². The number of halogens is 1. The Hall–Kier alpha value is -1.87. The van der Waals surface area contributed by atoms with E-state index in [1.165, 1.54) is 6.08 Å². The second-order valence-corrected chi connectivity index (χ2v) is 9.29. The fourth-order valence-electron chi connectivity index (χ4n) is 3.95. The molecule has 3 aliphatic rings. The van der Waals surface area contributed by atoms with Gasteiger partial charge in [0.15, 0.2) is 17.9 Å². The van der Waals surface area contributed by atoms with Crippen LogP contribution in [0.15, 0.2) is 28.4 Å². The minimum atomic E-state index is -0.823. The average molecular weight is 494 g/mol. The summed E-state index contributed by atoms with van der Waals surface area (Å²) in [5.74, 6) is -2.17. The summed E-state index contributed by atoms with van der Waals surface area (Å²) in [7, 11) is 0. The molecule has 1 amide bonds. The van der Waals surface area contributed by atoms with Gasteiger partial charge >= 0.3 is 0 Å². The van der Waals surface area contributed by atoms with Gasteiger partial charge in [-0.2, -0.15) is 5.26 Å². The Morgan fingerprint density at radius 1 is 1.16 bits per heavy atom. The maximum absolute atomic E-state index is 12.6. The van der Waals surface area contributed by atoms with Crippen molar-refractivity contribution in [3.63, 3.8) is 0 Å². The Bertz CT molecular complexity index is 943. The molecule has 1 unspecified atom stereocenters. The summed E-state index contributed by atoms with van der Waals surface area (Å²) >= 11 is 3.27. The molecule has 0 aromatic carbocycles. The molecule has 0 radical (unpaired) electrons. The molecule has 0 saturated carbocycles. The quantitative estimate of drug-likeness (QED) is 0.386. The first-order valence-corrected chi connectivity index (χ1v) is 10.8. The van der Waals surface area contributed by atoms with Gasteiger partial charge < -0.3 is 29.0 Å². The lowest BCUT2D eigenvalue weighted by Gasteiger charge is -2.37. The molecule has 3 saturated heterocycles. The summed E-state index contributed by atoms with van der Waals surface area (Å²) in [6, 6.07) is 7.15. The number of pyridine rings is 1. The number of nitriles is 1. The number of amides is 1. The molecule has 9 nitrogen and oxygen atoms in total. The molecule has 4 heterocycles. The lowest BCUT2D eigenvalue weighted by atomic mass is 9.99. The molecule has 0 spiro atoms. The highest BCUT2D eigenvalue weighted by atomic mass is 79.9. The molecule has 1 N–H and O–H groups in total. The summed E-state index contributed by atoms with van der Waals surface area (Å²) in [4.78, 5) is 16.9. The number of fused-ring (bicyclic) bond motifs is 3. The molecule has 3 fully saturated rings. The third-order valence-electron chi connectivity index (χ3n) is 5.11. The summed E-state index contributed by atoms with van der Waals surface area (Å²) in [6.07, 6.45) is -1.07. The van der Waals surface area contributed by atoms with Gasteiger partial charge in [0.05, 0.1) is 5.69 Å². The molecule has 166 valence electrons. The zero-order valence-corrected chi connectivity index (χ0v) is 19.2. The molecular formula is C21H24BrN3O6. The van der Waals surface area contributed by atoms with Gasteiger partial charge in [0, 0.05) is 6.54 Å². The number of rotatable bonds is 4. The van der Waals surface area contributed by atoms with E-state index in [0.717, 1.165) is 0 Å². The van der Waals surface area contributed by atoms with E-state index in [-0.39, 0.29) is 12.1 Å². The molecule has 5 atom stereocenters. The number of nitrogens with zero attached hydrogens (tertiary/aromatic N) is 2. The highest BCUT2D eigenvalue weighted by molar-refractivity contribution is 9.10. The first-order valence-electron chi connectivity index (χ1n) is 9.96. The van der Waals surface area contributed by atoms with E-state index in [1.807, 2.05) is 19.9 Å². The first kappa shape index (κ1) is 22.3. The average Bonchev–Trinajstić information content (AvgIpc) is 3.18. The zero-order chi connectivity index (χ0) is 22.4. The maximum Gasteiger partial charge on any atom is 0.262 e. The van der Waals surface area contributed by atoms with Crippen molar-refractivity contribution in [2.45, 2.75) is 70.0 Å². The number of hydrogen-bond donors (Lipinski definition) is 1. The Kier molecular flexibility index (Phi) is 5.93. The van der Waals surface area contributed by atoms with Crippen molar-refractivity contribution in [1.29, 1.82) is 5.26 Å². The number of nitrogens with one attached hydrogen (secondary N) is 1. The van der Waals surface area contributed by atoms with Crippen LogP contribution in [0.3, 0.4) is 0 Å². The lowest BCUT2D eigenvalue weighted by molar-refractivity contribution is -0.232. The van der Waals surface area contributed by atoms with Crippen LogP contribution >= 0.6 is 15.9 Å². The lowest BCUT2D eigenvalue weighted by Crippen LogP contribution is -2.57. The maximum atomic E-state index is 12.6. The minimum absolute atomic E-state index is 0.0682. The number of carbonyl (C=O) groups is 1. The van der Waals surface area contributed by atoms with Gasteiger partial charge in [0.2, 0.25) is 0 Å². The third-order valence-corrected chi connectivity index (χ3v) is 5.55. The van der Waals surface area contributed by atoms with E-state index in [9.17, 15) is 10.1 Å². The topological polar surface area (TPSA) is 112 Å². The monoisotopic (exact) mass is 493 g/mol. The molecule has 0 aliphatic carbocycles. The zero-order valence-electron chi connectivity index (χ0n) is 17.6. The smallest absolute Gasteiger partial charge is 0.262 e. The van der Waals surface area contributed by atoms with Gasteiger partial charge in [-0.05, 0) is 61.8 Å². The van der Waals surface area contributed by atoms with Crippen LogP contribution in [0.5, 0.6) is 0 Å². The Labute approximate surface area is 188 Å². The predicted molar refractivity (Wildman–Crippen MR) is 111 cm³/mol. The van der Waals surface area contributed by atoms with E-state index in [4.69, 9.17) is 23.7 Å². The second kappa shape index (κ2) is 8.24. The van der Waals surface area contributed by atoms with Crippen molar-refractivity contribution in [2.24, 2.45) is 0 Å². The van der Waals surface area contributed by atoms with Crippen molar-refractivity contribution in [3.05, 3.63) is 34.1 Å². The molecular weight excluding hydrogens is 470 g/mol. The largest absolute Gasteiger partial charge is 0.349 e. The second-order valence-electron chi connectivity index (χ2n) is 8.47. The minimum Gasteiger partial charge on any atom is -0.349 e. The van der Waals surface area contributed by atoms with Crippen molar-refractivity contribution in [2.75, 3.05) is 6.54 Å². The van der Waals surface area contributed by atoms with Crippen LogP contribution in [0.1, 0.15) is 33.4 Å². The SMILES string of the molecule is CC1(C)O[C@H]2OC(CNC(=O)/C(C#N)=C/c3cccc(Br)n3)[C@@H]3OC(C)(C)O[C@@H]3[C@@H]2O1. The number of aromatic nitrogens is 1. The Balaban J connectivity index is 1.47. The van der Waals surface area contributed by atoms with Gasteiger partial charge in [-0.25, -0.2) is 4.98 Å². The van der Waals surface area contributed by atoms with E-state index >= 15 is 0 Å². The molecule has 10 heteroatoms. The summed E-state index contributed by atoms with van der Waals surface area (Å²) < 4.78 is 30.6. The van der Waals surface area contributed by atoms with Crippen LogP contribution in [0.25, 0.3) is 6.08 Å². The van der Waals surface area contributed by atoms with Crippen molar-refractivity contribution in [1.82, 2.24) is 10.3 Å². The predicted octanol–water partition coefficient (Wildman–Crippen LogP) is 2.26. The molecule has 1 aromatic rings. The standard InChI is InChI=1S/C21H24BrN3O6/c1-20(2)28-15-13(27-19-17(16(15)29-20)30-21(3,4)31-19)10-24-18(26)11(9-23)8-12-6-5-7-14(22)25-12/h5-8,13,15-17,19H,10H2,1-4H3,(H,24,26)/b11-8+/t13?,15-,16-,17-,19+/m0/s1. The van der Waals surface area contributed by atoms with Crippen molar-refractivity contribution in [3.8, 4) is 6.07 Å². The van der Waals surface area contributed by atoms with E-state index < -0.39 is 48.2 Å². The van der Waals surface area contributed by atoms with Gasteiger partial charge in [-0.15, -0.1) is 0 Å². The van der Waals surface area contributed by atoms with Crippen LogP contribution in [-0.4, -0.2) is 59.7 Å². The van der Waals surface area contributed by atoms with Gasteiger partial charge in [-0.1, -0.05) is 6.07 Å². The molecule has 3 aliphatic heterocycles. The normalized spacial score (nSPS) is 33.3. The Morgan fingerprint density at radius 3 is 2.55 bits per heavy atom. The fraction of sp³-hybridized carbons (Fsp3) is 0.571. The van der Waals surface area contributed by atoms with Crippen LogP contribution in [-0.2, 0) is 28.5 Å². The van der Waals surface area contributed by atoms with Crippen LogP contribution in [0.4, 0.5) is 0 Å². The third kappa shape index (κ3) is 4.82. The summed E-state index contributed by atoms with van der Waals surface area (Å²) in [5.41, 5.74) is 0.423. The number of ether oxygens (including phenoxy) is 5. The van der Waals surface area contributed by atoms with Gasteiger partial charge in [-0.3, -0.25) is 4.79 Å². The highest BCUT2D eigenvalue weighted by Crippen LogP contribution is 2.43. The van der Waals surface area contributed by atoms with E-state index in [2.05, 4.69) is 26.2 Å². The van der Waals surface area contributed by atoms with E-state index in [1.54, 1.807) is 32.0 Å². The number of carbonyl (C=O) groups excluding carboxylic acids is 1. The van der Waals surface area contributed by atoms with Crippen LogP contribution < -0.4 is 5.32 Å². The van der Waals surface area contributed by atoms with Crippen LogP contribution in [0.2, 0.25) is 0 Å². The van der Waals surface area contributed by atoms with E-state index in [0.29, 0.717) is 10.3 Å². The summed E-state index contributed by atoms with van der Waals surface area (Å²) in [6.45, 7) is 7.36. The van der Waals surface area contributed by atoms with Gasteiger partial charge in [0.1, 0.15) is 40.7 Å². The first-order chi connectivity index (χ1) is 14.6. The Morgan fingerprint density at radius 2 is 1.84 bits per heavy atom.